The molecule has 0 aliphatic rings. The molecule has 2 aromatic carbocycles. The van der Waals surface area contributed by atoms with Crippen molar-refractivity contribution in [2.24, 2.45) is 0 Å². The van der Waals surface area contributed by atoms with E-state index < -0.39 is 18.5 Å². The number of nitrogens with one attached hydrogen (secondary N) is 2. The number of hydrogen-bond acceptors (Lipinski definition) is 4. The molecule has 190 valence electrons. The second kappa shape index (κ2) is 16.3. The summed E-state index contributed by atoms with van der Waals surface area (Å²) in [5, 5.41) is 5.87. The number of carbonyl (C=O) groups excluding carboxylic acids is 3. The van der Waals surface area contributed by atoms with Gasteiger partial charge in [0.25, 0.3) is 5.91 Å². The highest BCUT2D eigenvalue weighted by atomic mass is 79.9. The second-order valence-corrected chi connectivity index (χ2v) is 9.69. The van der Waals surface area contributed by atoms with E-state index in [1.807, 2.05) is 0 Å². The Morgan fingerprint density at radius 2 is 1.51 bits per heavy atom. The molecular formula is C27H34BrClN2O4. The highest BCUT2D eigenvalue weighted by Gasteiger charge is 2.16. The minimum Gasteiger partial charge on any atom is -0.452 e. The van der Waals surface area contributed by atoms with Gasteiger partial charge < -0.3 is 15.4 Å². The van der Waals surface area contributed by atoms with Crippen molar-refractivity contribution in [3.05, 3.63) is 57.5 Å². The van der Waals surface area contributed by atoms with E-state index in [1.54, 1.807) is 42.5 Å². The van der Waals surface area contributed by atoms with E-state index in [4.69, 9.17) is 16.3 Å². The maximum atomic E-state index is 12.5. The van der Waals surface area contributed by atoms with Gasteiger partial charge in [-0.05, 0) is 52.7 Å². The first-order valence-corrected chi connectivity index (χ1v) is 13.4. The molecule has 0 heterocycles. The van der Waals surface area contributed by atoms with Crippen LogP contribution in [0.3, 0.4) is 0 Å². The molecule has 35 heavy (non-hydrogen) atoms. The maximum Gasteiger partial charge on any atom is 0.340 e. The SMILES string of the molecule is CCCCCCCCCCCC(=O)Nc1ccccc1C(=O)OCC(=O)Nc1ccc(Br)c(Cl)c1. The van der Waals surface area contributed by atoms with Crippen molar-refractivity contribution in [1.82, 2.24) is 0 Å². The third-order valence-electron chi connectivity index (χ3n) is 5.47. The van der Waals surface area contributed by atoms with E-state index in [1.165, 1.54) is 38.5 Å². The van der Waals surface area contributed by atoms with Crippen LogP contribution in [0.15, 0.2) is 46.9 Å². The van der Waals surface area contributed by atoms with Crippen molar-refractivity contribution >= 4 is 56.7 Å². The monoisotopic (exact) mass is 564 g/mol. The van der Waals surface area contributed by atoms with E-state index in [0.717, 1.165) is 19.3 Å². The molecule has 0 atom stereocenters. The standard InChI is InChI=1S/C27H34BrClN2O4/c1-2-3-4-5-6-7-8-9-10-15-25(32)31-24-14-12-11-13-21(24)27(34)35-19-26(33)30-20-16-17-22(28)23(29)18-20/h11-14,16-18H,2-10,15,19H2,1H3,(H,30,33)(H,31,32). The zero-order chi connectivity index (χ0) is 25.5. The van der Waals surface area contributed by atoms with Crippen LogP contribution in [0.5, 0.6) is 0 Å². The van der Waals surface area contributed by atoms with Crippen LogP contribution in [0.4, 0.5) is 11.4 Å². The van der Waals surface area contributed by atoms with Crippen LogP contribution in [-0.4, -0.2) is 24.4 Å². The van der Waals surface area contributed by atoms with Crippen molar-refractivity contribution in [3.63, 3.8) is 0 Å². The van der Waals surface area contributed by atoms with Gasteiger partial charge in [-0.1, -0.05) is 82.0 Å². The number of anilines is 2. The van der Waals surface area contributed by atoms with Crippen LogP contribution in [0.1, 0.15) is 81.5 Å². The topological polar surface area (TPSA) is 84.5 Å². The molecule has 8 heteroatoms. The number of esters is 1. The predicted octanol–water partition coefficient (Wildman–Crippen LogP) is 7.76. The summed E-state index contributed by atoms with van der Waals surface area (Å²) >= 11 is 9.30. The first-order valence-electron chi connectivity index (χ1n) is 12.2. The molecule has 0 fully saturated rings. The van der Waals surface area contributed by atoms with Crippen molar-refractivity contribution in [3.8, 4) is 0 Å². The van der Waals surface area contributed by atoms with Gasteiger partial charge in [-0.3, -0.25) is 9.59 Å². The Labute approximate surface area is 221 Å². The summed E-state index contributed by atoms with van der Waals surface area (Å²) in [6.07, 6.45) is 11.0. The quantitative estimate of drug-likeness (QED) is 0.171. The van der Waals surface area contributed by atoms with Gasteiger partial charge in [-0.25, -0.2) is 4.79 Å². The fraction of sp³-hybridized carbons (Fsp3) is 0.444. The summed E-state index contributed by atoms with van der Waals surface area (Å²) in [7, 11) is 0. The molecule has 2 amide bonds. The van der Waals surface area contributed by atoms with Crippen LogP contribution < -0.4 is 10.6 Å². The Morgan fingerprint density at radius 1 is 0.857 bits per heavy atom. The normalized spacial score (nSPS) is 10.6. The predicted molar refractivity (Wildman–Crippen MR) is 145 cm³/mol. The van der Waals surface area contributed by atoms with E-state index in [-0.39, 0.29) is 11.5 Å². The van der Waals surface area contributed by atoms with E-state index in [9.17, 15) is 14.4 Å². The molecular weight excluding hydrogens is 532 g/mol. The van der Waals surface area contributed by atoms with Crippen molar-refractivity contribution in [2.45, 2.75) is 71.1 Å². The van der Waals surface area contributed by atoms with Gasteiger partial charge in [0, 0.05) is 16.6 Å². The van der Waals surface area contributed by atoms with E-state index in [0.29, 0.717) is 27.3 Å². The van der Waals surface area contributed by atoms with Crippen LogP contribution in [0.2, 0.25) is 5.02 Å². The van der Waals surface area contributed by atoms with Gasteiger partial charge in [0.1, 0.15) is 0 Å². The number of halogens is 2. The molecule has 2 rings (SSSR count). The molecule has 0 spiro atoms. The van der Waals surface area contributed by atoms with Crippen molar-refractivity contribution in [1.29, 1.82) is 0 Å². The molecule has 0 aliphatic carbocycles. The molecule has 0 saturated carbocycles. The van der Waals surface area contributed by atoms with Gasteiger partial charge in [0.05, 0.1) is 16.3 Å². The lowest BCUT2D eigenvalue weighted by Gasteiger charge is -2.11. The molecule has 2 N–H and O–H groups in total. The van der Waals surface area contributed by atoms with Gasteiger partial charge >= 0.3 is 5.97 Å². The number of carbonyl (C=O) groups is 3. The largest absolute Gasteiger partial charge is 0.452 e. The minimum absolute atomic E-state index is 0.141. The Hall–Kier alpha value is -2.38. The number of amides is 2. The number of rotatable bonds is 15. The second-order valence-electron chi connectivity index (χ2n) is 8.43. The van der Waals surface area contributed by atoms with Gasteiger partial charge in [0.15, 0.2) is 6.61 Å². The van der Waals surface area contributed by atoms with Crippen LogP contribution in [0.25, 0.3) is 0 Å². The zero-order valence-electron chi connectivity index (χ0n) is 20.2. The summed E-state index contributed by atoms with van der Waals surface area (Å²) in [5.41, 5.74) is 1.06. The Kier molecular flexibility index (Phi) is 13.5. The van der Waals surface area contributed by atoms with Gasteiger partial charge in [-0.15, -0.1) is 0 Å². The van der Waals surface area contributed by atoms with Crippen LogP contribution in [-0.2, 0) is 14.3 Å². The number of unbranched alkanes of at least 4 members (excludes halogenated alkanes) is 8. The first-order chi connectivity index (χ1) is 16.9. The lowest BCUT2D eigenvalue weighted by Crippen LogP contribution is -2.22. The summed E-state index contributed by atoms with van der Waals surface area (Å²) in [6.45, 7) is 1.75. The lowest BCUT2D eigenvalue weighted by molar-refractivity contribution is -0.119. The summed E-state index contributed by atoms with van der Waals surface area (Å²) in [4.78, 5) is 37.1. The summed E-state index contributed by atoms with van der Waals surface area (Å²) in [6, 6.07) is 11.6. The average Bonchev–Trinajstić information content (AvgIpc) is 2.84. The van der Waals surface area contributed by atoms with Crippen molar-refractivity contribution in [2.75, 3.05) is 17.2 Å². The average molecular weight is 566 g/mol. The Balaban J connectivity index is 1.74. The molecule has 6 nitrogen and oxygen atoms in total. The highest BCUT2D eigenvalue weighted by molar-refractivity contribution is 9.10. The molecule has 0 unspecified atom stereocenters. The third kappa shape index (κ3) is 11.3. The van der Waals surface area contributed by atoms with Crippen molar-refractivity contribution < 1.29 is 19.1 Å². The lowest BCUT2D eigenvalue weighted by atomic mass is 10.1. The van der Waals surface area contributed by atoms with E-state index in [2.05, 4.69) is 33.5 Å². The fourth-order valence-electron chi connectivity index (χ4n) is 3.56. The molecule has 0 bridgehead atoms. The molecule has 0 aromatic heterocycles. The number of benzene rings is 2. The zero-order valence-corrected chi connectivity index (χ0v) is 22.6. The molecule has 0 saturated heterocycles. The van der Waals surface area contributed by atoms with Crippen LogP contribution >= 0.6 is 27.5 Å². The van der Waals surface area contributed by atoms with Gasteiger partial charge in [0.2, 0.25) is 5.91 Å². The summed E-state index contributed by atoms with van der Waals surface area (Å²) < 4.78 is 5.86. The van der Waals surface area contributed by atoms with Gasteiger partial charge in [-0.2, -0.15) is 0 Å². The summed E-state index contributed by atoms with van der Waals surface area (Å²) in [5.74, 6) is -1.32. The van der Waals surface area contributed by atoms with Crippen LogP contribution in [0, 0.1) is 0 Å². The molecule has 0 radical (unpaired) electrons. The maximum absolute atomic E-state index is 12.5. The Morgan fingerprint density at radius 3 is 2.20 bits per heavy atom. The number of para-hydroxylation sites is 1. The smallest absolute Gasteiger partial charge is 0.340 e. The number of ether oxygens (including phenoxy) is 1. The highest BCUT2D eigenvalue weighted by Crippen LogP contribution is 2.25. The minimum atomic E-state index is -0.687. The van der Waals surface area contributed by atoms with E-state index >= 15 is 0 Å². The molecule has 2 aromatic rings. The molecule has 0 aliphatic heterocycles. The fourth-order valence-corrected chi connectivity index (χ4v) is 3.99. The number of hydrogen-bond donors (Lipinski definition) is 2. The Bertz CT molecular complexity index is 983. The third-order valence-corrected chi connectivity index (χ3v) is 6.70. The first kappa shape index (κ1) is 28.9.